The minimum absolute atomic E-state index is 0.0477. The van der Waals surface area contributed by atoms with Crippen molar-refractivity contribution in [3.05, 3.63) is 0 Å². The third-order valence-electron chi connectivity index (χ3n) is 7.36. The molecule has 3 fully saturated rings. The van der Waals surface area contributed by atoms with Crippen LogP contribution in [0, 0.1) is 21.7 Å². The van der Waals surface area contributed by atoms with Gasteiger partial charge in [-0.1, -0.05) is 34.6 Å². The number of fused-ring (bicyclic) bond motifs is 1. The van der Waals surface area contributed by atoms with Gasteiger partial charge in [0.2, 0.25) is 0 Å². The van der Waals surface area contributed by atoms with Gasteiger partial charge >= 0.3 is 0 Å². The Morgan fingerprint density at radius 2 is 1.59 bits per heavy atom. The number of hydrogen-bond donors (Lipinski definition) is 1. The molecule has 3 rings (SSSR count). The first-order valence-corrected chi connectivity index (χ1v) is 8.82. The monoisotopic (exact) mass is 306 g/mol. The maximum atomic E-state index is 13.1. The molecule has 0 aromatic carbocycles. The van der Waals surface area contributed by atoms with E-state index in [2.05, 4.69) is 65.6 Å². The van der Waals surface area contributed by atoms with E-state index in [1.165, 1.54) is 0 Å². The van der Waals surface area contributed by atoms with E-state index in [1.807, 2.05) is 0 Å². The summed E-state index contributed by atoms with van der Waals surface area (Å²) in [5, 5.41) is 3.50. The Kier molecular flexibility index (Phi) is 3.11. The third kappa shape index (κ3) is 1.73. The molecular formula is C19H34N2O. The number of carbonyl (C=O) groups is 1. The fourth-order valence-electron chi connectivity index (χ4n) is 5.56. The van der Waals surface area contributed by atoms with Gasteiger partial charge in [0.1, 0.15) is 0 Å². The van der Waals surface area contributed by atoms with E-state index in [0.29, 0.717) is 22.0 Å². The smallest absolute Gasteiger partial charge is 0.155 e. The zero-order valence-corrected chi connectivity index (χ0v) is 15.8. The maximum Gasteiger partial charge on any atom is 0.155 e. The van der Waals surface area contributed by atoms with Crippen molar-refractivity contribution in [3.8, 4) is 0 Å². The molecule has 2 aliphatic heterocycles. The van der Waals surface area contributed by atoms with Gasteiger partial charge in [0.05, 0.1) is 6.04 Å². The second-order valence-corrected chi connectivity index (χ2v) is 10.5. The Morgan fingerprint density at radius 3 is 1.91 bits per heavy atom. The molecule has 1 aliphatic carbocycles. The van der Waals surface area contributed by atoms with Gasteiger partial charge in [0.15, 0.2) is 5.78 Å². The molecule has 2 spiro atoms. The van der Waals surface area contributed by atoms with E-state index in [0.717, 1.165) is 26.1 Å². The van der Waals surface area contributed by atoms with Crippen LogP contribution in [0.25, 0.3) is 0 Å². The van der Waals surface area contributed by atoms with Crippen LogP contribution in [0.1, 0.15) is 61.8 Å². The highest BCUT2D eigenvalue weighted by Crippen LogP contribution is 2.83. The predicted molar refractivity (Wildman–Crippen MR) is 90.8 cm³/mol. The zero-order chi connectivity index (χ0) is 16.8. The largest absolute Gasteiger partial charge is 0.315 e. The van der Waals surface area contributed by atoms with E-state index in [4.69, 9.17) is 0 Å². The van der Waals surface area contributed by atoms with Crippen LogP contribution in [0.4, 0.5) is 0 Å². The molecule has 0 aromatic rings. The van der Waals surface area contributed by atoms with Crippen LogP contribution in [-0.4, -0.2) is 41.9 Å². The van der Waals surface area contributed by atoms with Crippen molar-refractivity contribution in [2.75, 3.05) is 19.6 Å². The van der Waals surface area contributed by atoms with E-state index >= 15 is 0 Å². The first-order valence-electron chi connectivity index (χ1n) is 8.82. The number of rotatable bonds is 1. The summed E-state index contributed by atoms with van der Waals surface area (Å²) in [5.41, 5.74) is 0.887. The molecule has 2 atom stereocenters. The quantitative estimate of drug-likeness (QED) is 0.808. The highest BCUT2D eigenvalue weighted by molar-refractivity contribution is 5.89. The van der Waals surface area contributed by atoms with Crippen molar-refractivity contribution >= 4 is 5.78 Å². The van der Waals surface area contributed by atoms with Crippen LogP contribution in [0.5, 0.6) is 0 Å². The van der Waals surface area contributed by atoms with E-state index in [1.54, 1.807) is 0 Å². The van der Waals surface area contributed by atoms with Gasteiger partial charge in [-0.2, -0.15) is 0 Å². The fraction of sp³-hybridized carbons (Fsp3) is 0.947. The van der Waals surface area contributed by atoms with Gasteiger partial charge < -0.3 is 5.32 Å². The Balaban J connectivity index is 1.96. The predicted octanol–water partition coefficient (Wildman–Crippen LogP) is 3.09. The summed E-state index contributed by atoms with van der Waals surface area (Å²) in [5.74, 6) is 0.421. The van der Waals surface area contributed by atoms with Crippen molar-refractivity contribution < 1.29 is 4.79 Å². The Labute approximate surface area is 136 Å². The summed E-state index contributed by atoms with van der Waals surface area (Å²) in [6.07, 6.45) is 1.05. The number of hydrogen-bond acceptors (Lipinski definition) is 3. The van der Waals surface area contributed by atoms with Crippen LogP contribution in [0.3, 0.4) is 0 Å². The zero-order valence-electron chi connectivity index (χ0n) is 15.8. The fourth-order valence-corrected chi connectivity index (χ4v) is 5.56. The lowest BCUT2D eigenvalue weighted by atomic mass is 9.81. The average molecular weight is 306 g/mol. The topological polar surface area (TPSA) is 32.3 Å². The molecule has 0 bridgehead atoms. The second kappa shape index (κ2) is 4.16. The molecular weight excluding hydrogens is 272 g/mol. The van der Waals surface area contributed by atoms with Crippen LogP contribution in [0.2, 0.25) is 0 Å². The minimum Gasteiger partial charge on any atom is -0.315 e. The number of ketones is 1. The molecule has 3 aliphatic rings. The highest BCUT2D eigenvalue weighted by Gasteiger charge is 2.85. The average Bonchev–Trinajstić information content (AvgIpc) is 2.58. The summed E-state index contributed by atoms with van der Waals surface area (Å²) < 4.78 is 0. The Bertz CT molecular complexity index is 505. The molecule has 1 N–H and O–H groups in total. The van der Waals surface area contributed by atoms with E-state index in [-0.39, 0.29) is 17.0 Å². The molecule has 0 aromatic heterocycles. The van der Waals surface area contributed by atoms with Gasteiger partial charge in [-0.3, -0.25) is 9.69 Å². The van der Waals surface area contributed by atoms with Crippen molar-refractivity contribution in [2.24, 2.45) is 21.7 Å². The van der Waals surface area contributed by atoms with Gasteiger partial charge in [-0.15, -0.1) is 0 Å². The Hall–Kier alpha value is -0.410. The van der Waals surface area contributed by atoms with E-state index < -0.39 is 0 Å². The summed E-state index contributed by atoms with van der Waals surface area (Å²) in [7, 11) is 0. The van der Waals surface area contributed by atoms with Crippen LogP contribution >= 0.6 is 0 Å². The number of nitrogens with zero attached hydrogens (tertiary/aromatic N) is 1. The van der Waals surface area contributed by atoms with Crippen molar-refractivity contribution in [3.63, 3.8) is 0 Å². The van der Waals surface area contributed by atoms with Crippen molar-refractivity contribution in [1.82, 2.24) is 10.2 Å². The van der Waals surface area contributed by atoms with Gasteiger partial charge in [-0.05, 0) is 38.0 Å². The number of nitrogens with one attached hydrogen (secondary N) is 1. The number of Topliss-reactive ketones (excluding diaryl/α,β-unsaturated/α-hetero) is 1. The lowest BCUT2D eigenvalue weighted by Crippen LogP contribution is -2.51. The molecule has 1 unspecified atom stereocenters. The molecule has 2 heterocycles. The van der Waals surface area contributed by atoms with Gasteiger partial charge in [0.25, 0.3) is 0 Å². The Morgan fingerprint density at radius 1 is 1.05 bits per heavy atom. The summed E-state index contributed by atoms with van der Waals surface area (Å²) in [4.78, 5) is 15.6. The molecule has 2 saturated heterocycles. The number of likely N-dealkylation sites (tertiary alicyclic amines) is 1. The second-order valence-electron chi connectivity index (χ2n) is 10.5. The summed E-state index contributed by atoms with van der Waals surface area (Å²) >= 11 is 0. The molecule has 0 amide bonds. The van der Waals surface area contributed by atoms with Crippen LogP contribution in [-0.2, 0) is 4.79 Å². The molecule has 22 heavy (non-hydrogen) atoms. The number of carbonyl (C=O) groups excluding carboxylic acids is 1. The van der Waals surface area contributed by atoms with Crippen molar-refractivity contribution in [2.45, 2.75) is 73.4 Å². The summed E-state index contributed by atoms with van der Waals surface area (Å²) in [6.45, 7) is 21.2. The van der Waals surface area contributed by atoms with Crippen molar-refractivity contribution in [1.29, 1.82) is 0 Å². The highest BCUT2D eigenvalue weighted by atomic mass is 16.1. The molecule has 1 saturated carbocycles. The SMILES string of the molecule is CC(C)(C)C(=O)C1C[C@]2(CN1C(C)(C)C)C(C)(C)C21CNC1. The standard InChI is InChI=1S/C19H34N2O/c1-15(2,3)14(22)13-9-18(12-21(13)16(4,5)6)17(7,8)19(18)10-20-11-19/h13,20H,9-12H2,1-8H3/t13?,18-/m0/s1. The van der Waals surface area contributed by atoms with Crippen LogP contribution < -0.4 is 5.32 Å². The molecule has 0 radical (unpaired) electrons. The third-order valence-corrected chi connectivity index (χ3v) is 7.36. The minimum atomic E-state index is -0.260. The maximum absolute atomic E-state index is 13.1. The molecule has 3 nitrogen and oxygen atoms in total. The summed E-state index contributed by atoms with van der Waals surface area (Å²) in [6, 6.07) is 0.0826. The first kappa shape index (κ1) is 16.4. The molecule has 126 valence electrons. The normalized spacial score (nSPS) is 36.6. The van der Waals surface area contributed by atoms with Crippen LogP contribution in [0.15, 0.2) is 0 Å². The lowest BCUT2D eigenvalue weighted by molar-refractivity contribution is -0.132. The van der Waals surface area contributed by atoms with Gasteiger partial charge in [0, 0.05) is 36.0 Å². The van der Waals surface area contributed by atoms with E-state index in [9.17, 15) is 4.79 Å². The molecule has 3 heteroatoms. The first-order chi connectivity index (χ1) is 9.80. The van der Waals surface area contributed by atoms with Gasteiger partial charge in [-0.25, -0.2) is 0 Å². The lowest BCUT2D eigenvalue weighted by Gasteiger charge is -2.38.